The van der Waals surface area contributed by atoms with Gasteiger partial charge in [-0.15, -0.1) is 0 Å². The van der Waals surface area contributed by atoms with Crippen molar-refractivity contribution in [1.82, 2.24) is 9.79 Å². The van der Waals surface area contributed by atoms with Gasteiger partial charge in [-0.1, -0.05) is 38.1 Å². The van der Waals surface area contributed by atoms with Crippen molar-refractivity contribution >= 4 is 10.0 Å². The van der Waals surface area contributed by atoms with Crippen LogP contribution >= 0.6 is 0 Å². The van der Waals surface area contributed by atoms with Gasteiger partial charge in [0.1, 0.15) is 11.0 Å². The molecule has 25 heavy (non-hydrogen) atoms. The molecule has 0 saturated carbocycles. The van der Waals surface area contributed by atoms with E-state index in [0.29, 0.717) is 11.7 Å². The first-order valence-electron chi connectivity index (χ1n) is 8.35. The van der Waals surface area contributed by atoms with Gasteiger partial charge in [0.05, 0.1) is 25.5 Å². The number of hydrogen-bond acceptors (Lipinski definition) is 5. The van der Waals surface area contributed by atoms with Crippen LogP contribution in [0.15, 0.2) is 47.1 Å². The third-order valence-electron chi connectivity index (χ3n) is 4.56. The van der Waals surface area contributed by atoms with Gasteiger partial charge in [0.2, 0.25) is 10.0 Å². The largest absolute Gasteiger partial charge is 0.468 e. The van der Waals surface area contributed by atoms with Crippen LogP contribution in [0.25, 0.3) is 0 Å². The van der Waals surface area contributed by atoms with Gasteiger partial charge in [0.25, 0.3) is 0 Å². The van der Waals surface area contributed by atoms with Crippen LogP contribution in [0.1, 0.15) is 42.7 Å². The number of hydrogen-bond donors (Lipinski definition) is 1. The van der Waals surface area contributed by atoms with Gasteiger partial charge in [-0.3, -0.25) is 4.84 Å². The molecule has 6 nitrogen and oxygen atoms in total. The molecule has 3 rings (SSSR count). The smallest absolute Gasteiger partial charge is 0.219 e. The van der Waals surface area contributed by atoms with Crippen molar-refractivity contribution in [2.45, 2.75) is 37.6 Å². The van der Waals surface area contributed by atoms with E-state index >= 15 is 0 Å². The molecule has 136 valence electrons. The van der Waals surface area contributed by atoms with E-state index in [-0.39, 0.29) is 19.2 Å². The summed E-state index contributed by atoms with van der Waals surface area (Å²) in [5.41, 5.74) is 2.15. The molecule has 0 bridgehead atoms. The summed E-state index contributed by atoms with van der Waals surface area (Å²) in [6.07, 6.45) is 1.52. The van der Waals surface area contributed by atoms with Crippen molar-refractivity contribution in [2.75, 3.05) is 13.7 Å². The minimum absolute atomic E-state index is 0.126. The maximum Gasteiger partial charge on any atom is 0.219 e. The van der Waals surface area contributed by atoms with E-state index in [1.54, 1.807) is 24.2 Å². The SMILES string of the molecule is CC(C)c1ccc([C@@H]2[C@H](S(=O)(=O)NCc3ccco3)CON2C)cc1. The number of nitrogens with one attached hydrogen (secondary N) is 1. The molecule has 0 radical (unpaired) electrons. The molecule has 1 aliphatic heterocycles. The highest BCUT2D eigenvalue weighted by Gasteiger charge is 2.43. The number of hydroxylamine groups is 2. The zero-order valence-electron chi connectivity index (χ0n) is 14.7. The van der Waals surface area contributed by atoms with Crippen molar-refractivity contribution in [1.29, 1.82) is 0 Å². The highest BCUT2D eigenvalue weighted by Crippen LogP contribution is 2.33. The maximum absolute atomic E-state index is 12.8. The Balaban J connectivity index is 1.79. The van der Waals surface area contributed by atoms with Crippen LogP contribution < -0.4 is 4.72 Å². The Hall–Kier alpha value is -1.67. The van der Waals surface area contributed by atoms with Crippen LogP contribution in [0.3, 0.4) is 0 Å². The molecule has 1 aliphatic rings. The lowest BCUT2D eigenvalue weighted by Crippen LogP contribution is -2.39. The Morgan fingerprint density at radius 2 is 1.96 bits per heavy atom. The standard InChI is InChI=1S/C18H24N2O4S/c1-13(2)14-6-8-15(9-7-14)18-17(12-24-20(18)3)25(21,22)19-11-16-5-4-10-23-16/h4-10,13,17-19H,11-12H2,1-3H3/t17-,18-/m1/s1. The highest BCUT2D eigenvalue weighted by atomic mass is 32.2. The van der Waals surface area contributed by atoms with Crippen LogP contribution in [-0.2, 0) is 21.4 Å². The summed E-state index contributed by atoms with van der Waals surface area (Å²) in [6.45, 7) is 4.52. The molecule has 2 heterocycles. The predicted molar refractivity (Wildman–Crippen MR) is 95.2 cm³/mol. The molecule has 0 aliphatic carbocycles. The summed E-state index contributed by atoms with van der Waals surface area (Å²) < 4.78 is 33.4. The first-order valence-corrected chi connectivity index (χ1v) is 9.89. The summed E-state index contributed by atoms with van der Waals surface area (Å²) in [7, 11) is -1.80. The number of furan rings is 1. The van der Waals surface area contributed by atoms with Crippen LogP contribution in [-0.4, -0.2) is 32.4 Å². The Bertz CT molecular complexity index is 785. The fourth-order valence-electron chi connectivity index (χ4n) is 3.05. The second kappa shape index (κ2) is 7.29. The lowest BCUT2D eigenvalue weighted by molar-refractivity contribution is -0.110. The number of rotatable bonds is 6. The molecule has 1 aromatic heterocycles. The summed E-state index contributed by atoms with van der Waals surface area (Å²) >= 11 is 0. The maximum atomic E-state index is 12.8. The van der Waals surface area contributed by atoms with E-state index < -0.39 is 15.3 Å². The van der Waals surface area contributed by atoms with Gasteiger partial charge in [0, 0.05) is 7.05 Å². The molecule has 1 aromatic carbocycles. The molecule has 0 unspecified atom stereocenters. The Kier molecular flexibility index (Phi) is 5.29. The number of benzene rings is 1. The quantitative estimate of drug-likeness (QED) is 0.853. The molecule has 0 amide bonds. The molecule has 2 aromatic rings. The second-order valence-corrected chi connectivity index (χ2v) is 8.58. The second-order valence-electron chi connectivity index (χ2n) is 6.59. The average Bonchev–Trinajstić information content (AvgIpc) is 3.23. The van der Waals surface area contributed by atoms with E-state index in [0.717, 1.165) is 5.56 Å². The van der Waals surface area contributed by atoms with E-state index in [9.17, 15) is 8.42 Å². The predicted octanol–water partition coefficient (Wildman–Crippen LogP) is 2.81. The minimum atomic E-state index is -3.57. The van der Waals surface area contributed by atoms with Crippen molar-refractivity contribution in [3.8, 4) is 0 Å². The van der Waals surface area contributed by atoms with Gasteiger partial charge >= 0.3 is 0 Å². The van der Waals surface area contributed by atoms with Gasteiger partial charge in [-0.2, -0.15) is 5.06 Å². The Morgan fingerprint density at radius 3 is 2.56 bits per heavy atom. The van der Waals surface area contributed by atoms with Crippen LogP contribution in [0.2, 0.25) is 0 Å². The molecule has 0 spiro atoms. The highest BCUT2D eigenvalue weighted by molar-refractivity contribution is 7.90. The van der Waals surface area contributed by atoms with Gasteiger partial charge in [0.15, 0.2) is 0 Å². The summed E-state index contributed by atoms with van der Waals surface area (Å²) in [5.74, 6) is 1.01. The molecule has 7 heteroatoms. The van der Waals surface area contributed by atoms with Gasteiger partial charge in [-0.05, 0) is 29.2 Å². The number of nitrogens with zero attached hydrogens (tertiary/aromatic N) is 1. The summed E-state index contributed by atoms with van der Waals surface area (Å²) in [5, 5.41) is 0.943. The van der Waals surface area contributed by atoms with E-state index in [1.165, 1.54) is 11.8 Å². The fourth-order valence-corrected chi connectivity index (χ4v) is 4.52. The van der Waals surface area contributed by atoms with Crippen LogP contribution in [0, 0.1) is 0 Å². The number of sulfonamides is 1. The first-order chi connectivity index (χ1) is 11.9. The molecular weight excluding hydrogens is 340 g/mol. The van der Waals surface area contributed by atoms with E-state index in [1.807, 2.05) is 24.3 Å². The molecule has 2 atom stereocenters. The Labute approximate surface area is 148 Å². The van der Waals surface area contributed by atoms with Crippen molar-refractivity contribution in [3.05, 3.63) is 59.5 Å². The van der Waals surface area contributed by atoms with Crippen LogP contribution in [0.4, 0.5) is 0 Å². The molecule has 1 fully saturated rings. The summed E-state index contributed by atoms with van der Waals surface area (Å²) in [4.78, 5) is 5.52. The van der Waals surface area contributed by atoms with Gasteiger partial charge in [-0.25, -0.2) is 13.1 Å². The van der Waals surface area contributed by atoms with Crippen molar-refractivity contribution in [3.63, 3.8) is 0 Å². The topological polar surface area (TPSA) is 71.8 Å². The van der Waals surface area contributed by atoms with Crippen molar-refractivity contribution < 1.29 is 17.7 Å². The molecular formula is C18H24N2O4S. The lowest BCUT2D eigenvalue weighted by atomic mass is 9.98. The fraction of sp³-hybridized carbons (Fsp3) is 0.444. The zero-order chi connectivity index (χ0) is 18.0. The monoisotopic (exact) mass is 364 g/mol. The summed E-state index contributed by atoms with van der Waals surface area (Å²) in [6, 6.07) is 11.2. The molecule has 1 saturated heterocycles. The lowest BCUT2D eigenvalue weighted by Gasteiger charge is -2.23. The third kappa shape index (κ3) is 3.95. The molecule has 1 N–H and O–H groups in total. The van der Waals surface area contributed by atoms with Crippen LogP contribution in [0.5, 0.6) is 0 Å². The normalized spacial score (nSPS) is 21.9. The third-order valence-corrected chi connectivity index (χ3v) is 6.29. The minimum Gasteiger partial charge on any atom is -0.468 e. The van der Waals surface area contributed by atoms with E-state index in [2.05, 4.69) is 18.6 Å². The average molecular weight is 364 g/mol. The first kappa shape index (κ1) is 18.1. The Morgan fingerprint density at radius 1 is 1.24 bits per heavy atom. The van der Waals surface area contributed by atoms with Gasteiger partial charge < -0.3 is 4.42 Å². The zero-order valence-corrected chi connectivity index (χ0v) is 15.5. The van der Waals surface area contributed by atoms with Crippen molar-refractivity contribution in [2.24, 2.45) is 0 Å². The van der Waals surface area contributed by atoms with E-state index in [4.69, 9.17) is 9.25 Å².